The van der Waals surface area contributed by atoms with Gasteiger partial charge in [-0.25, -0.2) is 0 Å². The van der Waals surface area contributed by atoms with Gasteiger partial charge in [0.25, 0.3) is 5.69 Å². The summed E-state index contributed by atoms with van der Waals surface area (Å²) in [6, 6.07) is 10.1. The van der Waals surface area contributed by atoms with E-state index in [4.69, 9.17) is 4.74 Å². The van der Waals surface area contributed by atoms with Crippen LogP contribution >= 0.6 is 0 Å². The molecule has 0 bridgehead atoms. The lowest BCUT2D eigenvalue weighted by molar-refractivity contribution is -0.384. The Hall–Kier alpha value is -2.43. The third-order valence-electron chi connectivity index (χ3n) is 2.44. The molecule has 0 saturated heterocycles. The van der Waals surface area contributed by atoms with Crippen molar-refractivity contribution in [2.75, 3.05) is 6.61 Å². The normalized spacial score (nSPS) is 10.0. The highest BCUT2D eigenvalue weighted by atomic mass is 16.6. The number of nitro groups is 1. The summed E-state index contributed by atoms with van der Waals surface area (Å²) < 4.78 is 5.49. The number of ether oxygens (including phenoxy) is 1. The van der Waals surface area contributed by atoms with Gasteiger partial charge in [0, 0.05) is 24.8 Å². The molecule has 5 heteroatoms. The molecule has 0 fully saturated rings. The number of non-ortho nitro benzene ring substituents is 1. The zero-order valence-electron chi connectivity index (χ0n) is 9.65. The van der Waals surface area contributed by atoms with Gasteiger partial charge >= 0.3 is 0 Å². The fourth-order valence-electron chi connectivity index (χ4n) is 1.50. The van der Waals surface area contributed by atoms with Gasteiger partial charge in [0.05, 0.1) is 17.7 Å². The van der Waals surface area contributed by atoms with Crippen LogP contribution in [0.25, 0.3) is 0 Å². The van der Waals surface area contributed by atoms with Crippen LogP contribution in [0.5, 0.6) is 5.75 Å². The lowest BCUT2D eigenvalue weighted by atomic mass is 10.1. The maximum atomic E-state index is 10.5. The molecule has 2 aromatic rings. The minimum absolute atomic E-state index is 0.104. The second-order valence-corrected chi connectivity index (χ2v) is 3.71. The summed E-state index contributed by atoms with van der Waals surface area (Å²) in [5, 5.41) is 10.5. The third-order valence-corrected chi connectivity index (χ3v) is 2.44. The summed E-state index contributed by atoms with van der Waals surface area (Å²) in [5.41, 5.74) is 1.11. The maximum absolute atomic E-state index is 10.5. The zero-order chi connectivity index (χ0) is 12.8. The highest BCUT2D eigenvalue weighted by molar-refractivity contribution is 5.32. The van der Waals surface area contributed by atoms with Crippen molar-refractivity contribution in [1.82, 2.24) is 4.98 Å². The van der Waals surface area contributed by atoms with Crippen molar-refractivity contribution < 1.29 is 9.66 Å². The molecule has 1 aromatic heterocycles. The molecular formula is C13H12N2O3. The molecule has 18 heavy (non-hydrogen) atoms. The second kappa shape index (κ2) is 5.77. The monoisotopic (exact) mass is 244 g/mol. The van der Waals surface area contributed by atoms with E-state index in [-0.39, 0.29) is 5.69 Å². The fraction of sp³-hybridized carbons (Fsp3) is 0.154. The van der Waals surface area contributed by atoms with Crippen molar-refractivity contribution in [3.05, 3.63) is 64.5 Å². The smallest absolute Gasteiger partial charge is 0.269 e. The van der Waals surface area contributed by atoms with E-state index in [2.05, 4.69) is 4.98 Å². The first-order chi connectivity index (χ1) is 8.75. The maximum Gasteiger partial charge on any atom is 0.269 e. The molecule has 92 valence electrons. The Balaban J connectivity index is 1.85. The van der Waals surface area contributed by atoms with E-state index in [0.717, 1.165) is 11.3 Å². The molecule has 5 nitrogen and oxygen atoms in total. The van der Waals surface area contributed by atoms with Crippen LogP contribution in [-0.2, 0) is 6.42 Å². The van der Waals surface area contributed by atoms with Crippen LogP contribution in [0, 0.1) is 10.1 Å². The average Bonchev–Trinajstić information content (AvgIpc) is 2.40. The predicted molar refractivity (Wildman–Crippen MR) is 66.5 cm³/mol. The Morgan fingerprint density at radius 3 is 2.61 bits per heavy atom. The quantitative estimate of drug-likeness (QED) is 0.599. The van der Waals surface area contributed by atoms with Crippen molar-refractivity contribution in [3.8, 4) is 5.75 Å². The van der Waals surface area contributed by atoms with Gasteiger partial charge in [-0.3, -0.25) is 15.1 Å². The van der Waals surface area contributed by atoms with Gasteiger partial charge in [0.2, 0.25) is 0 Å². The Kier molecular flexibility index (Phi) is 3.86. The van der Waals surface area contributed by atoms with Crippen molar-refractivity contribution in [2.45, 2.75) is 6.42 Å². The van der Waals surface area contributed by atoms with Crippen LogP contribution in [0.3, 0.4) is 0 Å². The van der Waals surface area contributed by atoms with Gasteiger partial charge in [-0.2, -0.15) is 0 Å². The molecule has 0 amide bonds. The Labute approximate surface area is 104 Å². The van der Waals surface area contributed by atoms with E-state index in [1.165, 1.54) is 12.1 Å². The Morgan fingerprint density at radius 2 is 2.00 bits per heavy atom. The fourth-order valence-corrected chi connectivity index (χ4v) is 1.50. The first-order valence-electron chi connectivity index (χ1n) is 5.52. The molecule has 0 aliphatic heterocycles. The molecule has 0 aliphatic carbocycles. The van der Waals surface area contributed by atoms with Crippen molar-refractivity contribution in [2.24, 2.45) is 0 Å². The highest BCUT2D eigenvalue weighted by Gasteiger charge is 2.03. The Bertz CT molecular complexity index is 512. The van der Waals surface area contributed by atoms with Crippen LogP contribution in [0.4, 0.5) is 5.69 Å². The first-order valence-corrected chi connectivity index (χ1v) is 5.52. The lowest BCUT2D eigenvalue weighted by Gasteiger charge is -2.05. The van der Waals surface area contributed by atoms with E-state index >= 15 is 0 Å². The van der Waals surface area contributed by atoms with Crippen LogP contribution < -0.4 is 4.74 Å². The number of benzene rings is 1. The van der Waals surface area contributed by atoms with E-state index in [0.29, 0.717) is 13.0 Å². The average molecular weight is 244 g/mol. The molecule has 0 unspecified atom stereocenters. The predicted octanol–water partition coefficient (Wildman–Crippen LogP) is 2.61. The number of pyridine rings is 1. The lowest BCUT2D eigenvalue weighted by Crippen LogP contribution is -2.01. The highest BCUT2D eigenvalue weighted by Crippen LogP contribution is 2.13. The molecule has 0 saturated carbocycles. The molecule has 0 aliphatic rings. The van der Waals surface area contributed by atoms with Gasteiger partial charge in [-0.05, 0) is 17.7 Å². The van der Waals surface area contributed by atoms with E-state index in [1.54, 1.807) is 30.6 Å². The number of rotatable bonds is 5. The first kappa shape index (κ1) is 12.0. The number of hydrogen-bond acceptors (Lipinski definition) is 4. The van der Waals surface area contributed by atoms with Crippen LogP contribution in [0.2, 0.25) is 0 Å². The van der Waals surface area contributed by atoms with Crippen LogP contribution in [0.1, 0.15) is 5.56 Å². The number of aromatic nitrogens is 1. The van der Waals surface area contributed by atoms with E-state index < -0.39 is 4.92 Å². The number of nitrogens with zero attached hydrogens (tertiary/aromatic N) is 2. The van der Waals surface area contributed by atoms with Gasteiger partial charge in [-0.15, -0.1) is 0 Å². The summed E-state index contributed by atoms with van der Waals surface area (Å²) in [7, 11) is 0. The van der Waals surface area contributed by atoms with Crippen molar-refractivity contribution in [1.29, 1.82) is 0 Å². The van der Waals surface area contributed by atoms with E-state index in [1.807, 2.05) is 6.07 Å². The third kappa shape index (κ3) is 3.28. The van der Waals surface area contributed by atoms with Gasteiger partial charge in [0.1, 0.15) is 5.75 Å². The summed E-state index contributed by atoms with van der Waals surface area (Å²) >= 11 is 0. The molecule has 0 spiro atoms. The summed E-state index contributed by atoms with van der Waals surface area (Å²) in [5.74, 6) is 0.722. The molecule has 0 atom stereocenters. The summed E-state index contributed by atoms with van der Waals surface area (Å²) in [6.07, 6.45) is 4.03. The number of nitro benzene ring substituents is 1. The standard InChI is InChI=1S/C13H12N2O3/c16-15(17)12-5-3-11(4-6-12)7-9-18-13-2-1-8-14-10-13/h1-6,8,10H,7,9H2. The molecule has 1 aromatic carbocycles. The second-order valence-electron chi connectivity index (χ2n) is 3.71. The van der Waals surface area contributed by atoms with Crippen LogP contribution in [0.15, 0.2) is 48.8 Å². The SMILES string of the molecule is O=[N+]([O-])c1ccc(CCOc2cccnc2)cc1. The minimum atomic E-state index is -0.407. The zero-order valence-corrected chi connectivity index (χ0v) is 9.65. The molecule has 2 rings (SSSR count). The van der Waals surface area contributed by atoms with Crippen molar-refractivity contribution in [3.63, 3.8) is 0 Å². The molecular weight excluding hydrogens is 232 g/mol. The summed E-state index contributed by atoms with van der Waals surface area (Å²) in [6.45, 7) is 0.517. The Morgan fingerprint density at radius 1 is 1.22 bits per heavy atom. The topological polar surface area (TPSA) is 65.3 Å². The molecule has 0 radical (unpaired) electrons. The minimum Gasteiger partial charge on any atom is -0.492 e. The van der Waals surface area contributed by atoms with Crippen molar-refractivity contribution >= 4 is 5.69 Å². The largest absolute Gasteiger partial charge is 0.492 e. The number of hydrogen-bond donors (Lipinski definition) is 0. The van der Waals surface area contributed by atoms with Gasteiger partial charge in [-0.1, -0.05) is 12.1 Å². The molecule has 0 N–H and O–H groups in total. The van der Waals surface area contributed by atoms with Gasteiger partial charge < -0.3 is 4.74 Å². The molecule has 1 heterocycles. The summed E-state index contributed by atoms with van der Waals surface area (Å²) in [4.78, 5) is 14.0. The van der Waals surface area contributed by atoms with Crippen LogP contribution in [-0.4, -0.2) is 16.5 Å². The van der Waals surface area contributed by atoms with E-state index in [9.17, 15) is 10.1 Å². The van der Waals surface area contributed by atoms with Gasteiger partial charge in [0.15, 0.2) is 0 Å².